The Morgan fingerprint density at radius 3 is 2.51 bits per heavy atom. The molecule has 1 aliphatic carbocycles. The molecule has 4 rings (SSSR count). The van der Waals surface area contributed by atoms with E-state index < -0.39 is 49.1 Å². The molecule has 0 bridgehead atoms. The van der Waals surface area contributed by atoms with Gasteiger partial charge >= 0.3 is 6.36 Å². The molecule has 2 aromatic rings. The highest BCUT2D eigenvalue weighted by atomic mass is 19.4. The number of carbonyl (C=O) groups is 2. The number of alkyl halides is 5. The van der Waals surface area contributed by atoms with Crippen LogP contribution in [-0.2, 0) is 4.79 Å². The maximum atomic E-state index is 14.2. The number of nitriles is 1. The molecule has 2 amide bonds. The van der Waals surface area contributed by atoms with Gasteiger partial charge in [0.1, 0.15) is 11.3 Å². The summed E-state index contributed by atoms with van der Waals surface area (Å²) in [6.07, 6.45) is 1.44. The first kappa shape index (κ1) is 26.1. The number of nitrogens with zero attached hydrogens (tertiary/aromatic N) is 3. The van der Waals surface area contributed by atoms with Gasteiger partial charge in [0, 0.05) is 23.5 Å². The van der Waals surface area contributed by atoms with Crippen LogP contribution in [0.25, 0.3) is 12.2 Å². The quantitative estimate of drug-likeness (QED) is 0.546. The van der Waals surface area contributed by atoms with E-state index in [4.69, 9.17) is 0 Å². The highest BCUT2D eigenvalue weighted by Crippen LogP contribution is 2.52. The number of hydrogen-bond acceptors (Lipinski definition) is 5. The first-order chi connectivity index (χ1) is 17.4. The summed E-state index contributed by atoms with van der Waals surface area (Å²) in [5.41, 5.74) is -0.573. The fourth-order valence-electron chi connectivity index (χ4n) is 4.40. The topological polar surface area (TPSA) is 95.3 Å². The van der Waals surface area contributed by atoms with Crippen LogP contribution in [0.1, 0.15) is 40.7 Å². The Kier molecular flexibility index (Phi) is 6.90. The molecule has 0 spiro atoms. The molecule has 1 unspecified atom stereocenters. The van der Waals surface area contributed by atoms with Crippen molar-refractivity contribution in [1.82, 2.24) is 15.2 Å². The van der Waals surface area contributed by atoms with Crippen molar-refractivity contribution in [2.75, 3.05) is 13.1 Å². The molecule has 194 valence electrons. The zero-order valence-electron chi connectivity index (χ0n) is 19.3. The van der Waals surface area contributed by atoms with Gasteiger partial charge in [-0.05, 0) is 42.5 Å². The smallest absolute Gasteiger partial charge is 0.406 e. The standard InChI is InChI=1S/C25H21F5N4O3/c26-24(27)13-23(14-31,18-5-6-18)34(15-24)21(35)12-33-22(36)20-9-10-32-11-17(20)4-1-16-2-7-19(8-3-16)37-25(28,29)30/h1-4,7-11,18H,5-6,12-13,15H2,(H,33,36). The zero-order valence-corrected chi connectivity index (χ0v) is 19.3. The number of rotatable bonds is 7. The van der Waals surface area contributed by atoms with Crippen LogP contribution in [0.5, 0.6) is 5.75 Å². The number of amides is 2. The van der Waals surface area contributed by atoms with E-state index in [0.29, 0.717) is 24.0 Å². The summed E-state index contributed by atoms with van der Waals surface area (Å²) >= 11 is 0. The number of pyridine rings is 1. The summed E-state index contributed by atoms with van der Waals surface area (Å²) in [6, 6.07) is 8.38. The number of halogens is 5. The number of ether oxygens (including phenoxy) is 1. The van der Waals surface area contributed by atoms with Crippen LogP contribution in [-0.4, -0.2) is 52.6 Å². The maximum absolute atomic E-state index is 14.2. The third-order valence-electron chi connectivity index (χ3n) is 6.21. The van der Waals surface area contributed by atoms with Gasteiger partial charge in [0.2, 0.25) is 5.91 Å². The van der Waals surface area contributed by atoms with Crippen molar-refractivity contribution in [3.8, 4) is 11.8 Å². The Hall–Kier alpha value is -4.01. The number of aromatic nitrogens is 1. The third kappa shape index (κ3) is 6.04. The van der Waals surface area contributed by atoms with E-state index in [1.54, 1.807) is 6.08 Å². The molecule has 7 nitrogen and oxygen atoms in total. The summed E-state index contributed by atoms with van der Waals surface area (Å²) in [6.45, 7) is -1.45. The number of likely N-dealkylation sites (tertiary alicyclic amines) is 1. The minimum Gasteiger partial charge on any atom is -0.406 e. The van der Waals surface area contributed by atoms with Crippen molar-refractivity contribution in [1.29, 1.82) is 5.26 Å². The Morgan fingerprint density at radius 1 is 1.19 bits per heavy atom. The Bertz CT molecular complexity index is 1250. The first-order valence-electron chi connectivity index (χ1n) is 11.3. The zero-order chi connectivity index (χ0) is 26.8. The highest BCUT2D eigenvalue weighted by Gasteiger charge is 2.62. The molecule has 2 aliphatic rings. The van der Waals surface area contributed by atoms with E-state index >= 15 is 0 Å². The summed E-state index contributed by atoms with van der Waals surface area (Å²) in [4.78, 5) is 30.5. The van der Waals surface area contributed by atoms with Crippen molar-refractivity contribution in [3.63, 3.8) is 0 Å². The predicted molar refractivity (Wildman–Crippen MR) is 121 cm³/mol. The molecule has 37 heavy (non-hydrogen) atoms. The highest BCUT2D eigenvalue weighted by molar-refractivity contribution is 6.00. The van der Waals surface area contributed by atoms with Gasteiger partial charge < -0.3 is 15.0 Å². The maximum Gasteiger partial charge on any atom is 0.573 e. The number of nitrogens with one attached hydrogen (secondary N) is 1. The van der Waals surface area contributed by atoms with Crippen molar-refractivity contribution in [3.05, 3.63) is 59.4 Å². The number of hydrogen-bond donors (Lipinski definition) is 1. The molecular formula is C25H21F5N4O3. The van der Waals surface area contributed by atoms with Crippen LogP contribution in [0.15, 0.2) is 42.7 Å². The van der Waals surface area contributed by atoms with Gasteiger partial charge in [-0.25, -0.2) is 8.78 Å². The lowest BCUT2D eigenvalue weighted by atomic mass is 9.91. The van der Waals surface area contributed by atoms with E-state index in [9.17, 15) is 36.8 Å². The van der Waals surface area contributed by atoms with Gasteiger partial charge in [-0.3, -0.25) is 14.6 Å². The van der Waals surface area contributed by atoms with E-state index in [-0.39, 0.29) is 17.2 Å². The average molecular weight is 520 g/mol. The van der Waals surface area contributed by atoms with Gasteiger partial charge in [0.15, 0.2) is 0 Å². The summed E-state index contributed by atoms with van der Waals surface area (Å²) in [7, 11) is 0. The van der Waals surface area contributed by atoms with E-state index in [0.717, 1.165) is 17.0 Å². The fourth-order valence-corrected chi connectivity index (χ4v) is 4.40. The van der Waals surface area contributed by atoms with Gasteiger partial charge in [-0.15, -0.1) is 13.2 Å². The molecule has 2 fully saturated rings. The molecule has 1 N–H and O–H groups in total. The number of benzene rings is 1. The SMILES string of the molecule is N#CC1(C2CC2)CC(F)(F)CN1C(=O)CNC(=O)c1ccncc1C=Cc1ccc(OC(F)(F)F)cc1. The second-order valence-electron chi connectivity index (χ2n) is 8.92. The van der Waals surface area contributed by atoms with Crippen LogP contribution in [0.3, 0.4) is 0 Å². The predicted octanol–water partition coefficient (Wildman–Crippen LogP) is 4.42. The Morgan fingerprint density at radius 2 is 1.89 bits per heavy atom. The van der Waals surface area contributed by atoms with Crippen LogP contribution in [0.4, 0.5) is 22.0 Å². The molecule has 1 aromatic carbocycles. The minimum absolute atomic E-state index is 0.136. The molecule has 1 aromatic heterocycles. The molecule has 0 radical (unpaired) electrons. The lowest BCUT2D eigenvalue weighted by Gasteiger charge is -2.31. The summed E-state index contributed by atoms with van der Waals surface area (Å²) < 4.78 is 69.1. The molecular weight excluding hydrogens is 499 g/mol. The third-order valence-corrected chi connectivity index (χ3v) is 6.21. The lowest BCUT2D eigenvalue weighted by Crippen LogP contribution is -2.51. The second kappa shape index (κ2) is 9.80. The minimum atomic E-state index is -4.81. The van der Waals surface area contributed by atoms with Crippen LogP contribution in [0, 0.1) is 17.2 Å². The molecule has 1 saturated heterocycles. The van der Waals surface area contributed by atoms with E-state index in [1.807, 2.05) is 6.07 Å². The summed E-state index contributed by atoms with van der Waals surface area (Å²) in [5.74, 6) is -5.31. The van der Waals surface area contributed by atoms with E-state index in [2.05, 4.69) is 15.0 Å². The van der Waals surface area contributed by atoms with Crippen LogP contribution >= 0.6 is 0 Å². The second-order valence-corrected chi connectivity index (χ2v) is 8.92. The van der Waals surface area contributed by atoms with Gasteiger partial charge in [0.25, 0.3) is 11.8 Å². The van der Waals surface area contributed by atoms with Crippen molar-refractivity contribution < 1.29 is 36.3 Å². The normalized spacial score (nSPS) is 21.0. The van der Waals surface area contributed by atoms with Crippen LogP contribution in [0.2, 0.25) is 0 Å². The average Bonchev–Trinajstić information content (AvgIpc) is 3.65. The molecule has 1 atom stereocenters. The molecule has 12 heteroatoms. The van der Waals surface area contributed by atoms with Crippen molar-refractivity contribution in [2.45, 2.75) is 37.1 Å². The Labute approximate surface area is 208 Å². The molecule has 2 heterocycles. The first-order valence-corrected chi connectivity index (χ1v) is 11.3. The summed E-state index contributed by atoms with van der Waals surface area (Å²) in [5, 5.41) is 12.1. The number of carbonyl (C=O) groups excluding carboxylic acids is 2. The van der Waals surface area contributed by atoms with Gasteiger partial charge in [-0.1, -0.05) is 24.3 Å². The van der Waals surface area contributed by atoms with Gasteiger partial charge in [-0.2, -0.15) is 5.26 Å². The monoisotopic (exact) mass is 520 g/mol. The molecule has 1 aliphatic heterocycles. The fraction of sp³-hybridized carbons (Fsp3) is 0.360. The van der Waals surface area contributed by atoms with E-state index in [1.165, 1.54) is 36.7 Å². The Balaban J connectivity index is 1.42. The largest absolute Gasteiger partial charge is 0.573 e. The van der Waals surface area contributed by atoms with Gasteiger partial charge in [0.05, 0.1) is 25.6 Å². The lowest BCUT2D eigenvalue weighted by molar-refractivity contribution is -0.274. The van der Waals surface area contributed by atoms with Crippen molar-refractivity contribution >= 4 is 24.0 Å². The van der Waals surface area contributed by atoms with Crippen molar-refractivity contribution in [2.24, 2.45) is 5.92 Å². The molecule has 1 saturated carbocycles. The van der Waals surface area contributed by atoms with Crippen LogP contribution < -0.4 is 10.1 Å².